The van der Waals surface area contributed by atoms with Gasteiger partial charge in [0.2, 0.25) is 0 Å². The van der Waals surface area contributed by atoms with Crippen LogP contribution in [0.15, 0.2) is 42.5 Å². The summed E-state index contributed by atoms with van der Waals surface area (Å²) in [7, 11) is 0. The van der Waals surface area contributed by atoms with Crippen molar-refractivity contribution in [3.8, 4) is 6.07 Å². The van der Waals surface area contributed by atoms with Crippen LogP contribution in [0.2, 0.25) is 0 Å². The molecule has 0 saturated heterocycles. The smallest absolute Gasteiger partial charge is 0.146 e. The second-order valence-corrected chi connectivity index (χ2v) is 4.19. The lowest BCUT2D eigenvalue weighted by atomic mass is 10.0. The molecule has 2 aromatic carbocycles. The molecule has 0 aliphatic carbocycles. The fraction of sp³-hybridized carbons (Fsp3) is 0.133. The zero-order valence-corrected chi connectivity index (χ0v) is 10.3. The van der Waals surface area contributed by atoms with Crippen LogP contribution in [0.25, 0.3) is 0 Å². The highest BCUT2D eigenvalue weighted by atomic mass is 19.1. The van der Waals surface area contributed by atoms with E-state index in [1.807, 2.05) is 6.07 Å². The van der Waals surface area contributed by atoms with Crippen LogP contribution < -0.4 is 5.32 Å². The first-order chi connectivity index (χ1) is 9.11. The van der Waals surface area contributed by atoms with Gasteiger partial charge in [-0.2, -0.15) is 5.26 Å². The third-order valence-electron chi connectivity index (χ3n) is 2.86. The molecule has 0 amide bonds. The number of para-hydroxylation sites is 1. The number of nitrogens with one attached hydrogen (secondary N) is 1. The monoisotopic (exact) mass is 258 g/mol. The van der Waals surface area contributed by atoms with E-state index in [4.69, 9.17) is 0 Å². The Labute approximate surface area is 110 Å². The summed E-state index contributed by atoms with van der Waals surface area (Å²) in [6, 6.07) is 11.5. The summed E-state index contributed by atoms with van der Waals surface area (Å²) in [5.41, 5.74) is 1.50. The van der Waals surface area contributed by atoms with Crippen LogP contribution in [0.3, 0.4) is 0 Å². The fourth-order valence-corrected chi connectivity index (χ4v) is 1.84. The lowest BCUT2D eigenvalue weighted by Gasteiger charge is -2.16. The molecule has 96 valence electrons. The quantitative estimate of drug-likeness (QED) is 0.904. The number of hydrogen-bond donors (Lipinski definition) is 1. The molecular weight excluding hydrogens is 246 g/mol. The van der Waals surface area contributed by atoms with Crippen LogP contribution in [0, 0.1) is 29.9 Å². The Morgan fingerprint density at radius 1 is 1.16 bits per heavy atom. The molecular formula is C15H12F2N2. The van der Waals surface area contributed by atoms with Crippen LogP contribution in [0.4, 0.5) is 14.5 Å². The summed E-state index contributed by atoms with van der Waals surface area (Å²) >= 11 is 0. The number of hydrogen-bond acceptors (Lipinski definition) is 2. The van der Waals surface area contributed by atoms with Crippen LogP contribution in [0.1, 0.15) is 17.2 Å². The molecule has 0 fully saturated rings. The average Bonchev–Trinajstić information content (AvgIpc) is 2.41. The summed E-state index contributed by atoms with van der Waals surface area (Å²) < 4.78 is 26.8. The van der Waals surface area contributed by atoms with Gasteiger partial charge in [-0.05, 0) is 42.3 Å². The minimum atomic E-state index is -0.799. The lowest BCUT2D eigenvalue weighted by molar-refractivity contribution is 0.622. The largest absolute Gasteiger partial charge is 0.364 e. The van der Waals surface area contributed by atoms with Gasteiger partial charge in [0.15, 0.2) is 0 Å². The van der Waals surface area contributed by atoms with Crippen LogP contribution in [0.5, 0.6) is 0 Å². The Kier molecular flexibility index (Phi) is 3.76. The van der Waals surface area contributed by atoms with Crippen LogP contribution >= 0.6 is 0 Å². The van der Waals surface area contributed by atoms with E-state index in [1.165, 1.54) is 24.3 Å². The normalized spacial score (nSPS) is 11.7. The van der Waals surface area contributed by atoms with Crippen molar-refractivity contribution in [3.05, 3.63) is 65.2 Å². The minimum Gasteiger partial charge on any atom is -0.364 e. The number of anilines is 1. The molecule has 0 aliphatic heterocycles. The highest BCUT2D eigenvalue weighted by Crippen LogP contribution is 2.24. The van der Waals surface area contributed by atoms with Gasteiger partial charge in [0.25, 0.3) is 0 Å². The van der Waals surface area contributed by atoms with Gasteiger partial charge >= 0.3 is 0 Å². The van der Waals surface area contributed by atoms with Crippen molar-refractivity contribution < 1.29 is 8.78 Å². The SMILES string of the molecule is Cc1ccc(F)cc1C(C#N)Nc1ccccc1F. The maximum absolute atomic E-state index is 13.5. The summed E-state index contributed by atoms with van der Waals surface area (Å²) in [5, 5.41) is 12.0. The molecule has 2 rings (SSSR count). The lowest BCUT2D eigenvalue weighted by Crippen LogP contribution is -2.11. The van der Waals surface area contributed by atoms with E-state index in [2.05, 4.69) is 5.32 Å². The number of aryl methyl sites for hydroxylation is 1. The first kappa shape index (κ1) is 13.0. The molecule has 0 aliphatic rings. The Hall–Kier alpha value is -2.41. The molecule has 1 atom stereocenters. The van der Waals surface area contributed by atoms with E-state index in [0.29, 0.717) is 5.56 Å². The number of halogens is 2. The van der Waals surface area contributed by atoms with Gasteiger partial charge < -0.3 is 5.32 Å². The fourth-order valence-electron chi connectivity index (χ4n) is 1.84. The maximum atomic E-state index is 13.5. The van der Waals surface area contributed by atoms with Crippen molar-refractivity contribution in [2.45, 2.75) is 13.0 Å². The second kappa shape index (κ2) is 5.49. The maximum Gasteiger partial charge on any atom is 0.146 e. The number of benzene rings is 2. The van der Waals surface area contributed by atoms with E-state index < -0.39 is 17.7 Å². The molecule has 0 spiro atoms. The molecule has 0 bridgehead atoms. The first-order valence-electron chi connectivity index (χ1n) is 5.78. The standard InChI is InChI=1S/C15H12F2N2/c1-10-6-7-11(16)8-12(10)15(9-18)19-14-5-3-2-4-13(14)17/h2-8,15,19H,1H3. The summed E-state index contributed by atoms with van der Waals surface area (Å²) in [4.78, 5) is 0. The van der Waals surface area contributed by atoms with Crippen LogP contribution in [-0.2, 0) is 0 Å². The molecule has 0 radical (unpaired) electrons. The van der Waals surface area contributed by atoms with Crippen molar-refractivity contribution in [1.29, 1.82) is 5.26 Å². The molecule has 2 nitrogen and oxygen atoms in total. The summed E-state index contributed by atoms with van der Waals surface area (Å²) in [6.45, 7) is 1.78. The highest BCUT2D eigenvalue weighted by molar-refractivity contribution is 5.49. The summed E-state index contributed by atoms with van der Waals surface area (Å²) in [6.07, 6.45) is 0. The molecule has 1 unspecified atom stereocenters. The predicted octanol–water partition coefficient (Wildman–Crippen LogP) is 3.95. The van der Waals surface area contributed by atoms with Crippen molar-refractivity contribution >= 4 is 5.69 Å². The Morgan fingerprint density at radius 3 is 2.58 bits per heavy atom. The molecule has 19 heavy (non-hydrogen) atoms. The Morgan fingerprint density at radius 2 is 1.89 bits per heavy atom. The van der Waals surface area contributed by atoms with Gasteiger partial charge in [0, 0.05) is 0 Å². The van der Waals surface area contributed by atoms with E-state index in [-0.39, 0.29) is 5.69 Å². The molecule has 1 N–H and O–H groups in total. The molecule has 0 saturated carbocycles. The zero-order chi connectivity index (χ0) is 13.8. The second-order valence-electron chi connectivity index (χ2n) is 4.19. The van der Waals surface area contributed by atoms with Gasteiger partial charge in [0.05, 0.1) is 11.8 Å². The molecule has 0 heterocycles. The number of rotatable bonds is 3. The Bertz CT molecular complexity index is 632. The third-order valence-corrected chi connectivity index (χ3v) is 2.86. The molecule has 0 aromatic heterocycles. The van der Waals surface area contributed by atoms with Crippen molar-refractivity contribution in [3.63, 3.8) is 0 Å². The van der Waals surface area contributed by atoms with Crippen LogP contribution in [-0.4, -0.2) is 0 Å². The van der Waals surface area contributed by atoms with E-state index in [0.717, 1.165) is 5.56 Å². The van der Waals surface area contributed by atoms with Gasteiger partial charge in [-0.15, -0.1) is 0 Å². The van der Waals surface area contributed by atoms with Crippen molar-refractivity contribution in [2.24, 2.45) is 0 Å². The molecule has 4 heteroatoms. The minimum absolute atomic E-state index is 0.220. The first-order valence-corrected chi connectivity index (χ1v) is 5.78. The van der Waals surface area contributed by atoms with Gasteiger partial charge in [-0.3, -0.25) is 0 Å². The van der Waals surface area contributed by atoms with E-state index >= 15 is 0 Å². The topological polar surface area (TPSA) is 35.8 Å². The van der Waals surface area contributed by atoms with Crippen molar-refractivity contribution in [1.82, 2.24) is 0 Å². The Balaban J connectivity index is 2.34. The van der Waals surface area contributed by atoms with Crippen molar-refractivity contribution in [2.75, 3.05) is 5.32 Å². The molecule has 2 aromatic rings. The average molecular weight is 258 g/mol. The van der Waals surface area contributed by atoms with E-state index in [1.54, 1.807) is 25.1 Å². The predicted molar refractivity (Wildman–Crippen MR) is 69.5 cm³/mol. The highest BCUT2D eigenvalue weighted by Gasteiger charge is 2.15. The summed E-state index contributed by atoms with van der Waals surface area (Å²) in [5.74, 6) is -0.868. The van der Waals surface area contributed by atoms with Gasteiger partial charge in [-0.1, -0.05) is 18.2 Å². The number of nitrogens with zero attached hydrogens (tertiary/aromatic N) is 1. The third kappa shape index (κ3) is 2.89. The number of nitriles is 1. The van der Waals surface area contributed by atoms with E-state index in [9.17, 15) is 14.0 Å². The van der Waals surface area contributed by atoms with Gasteiger partial charge in [-0.25, -0.2) is 8.78 Å². The zero-order valence-electron chi connectivity index (χ0n) is 10.3. The van der Waals surface area contributed by atoms with Gasteiger partial charge in [0.1, 0.15) is 17.7 Å².